The van der Waals surface area contributed by atoms with E-state index in [0.29, 0.717) is 11.1 Å². The number of rotatable bonds is 9. The van der Waals surface area contributed by atoms with E-state index >= 15 is 0 Å². The average molecular weight is 575 g/mol. The number of benzene rings is 3. The number of non-ortho nitro benzene ring substituents is 1. The SMILES string of the molecule is CCOc1cc(/C=C2\SC(=O)N(Cc3ccc([N+](=O)[O-])cc3)C2=O)cc(Cl)c1OS(=O)(=O)c1ccccc1. The molecule has 4 rings (SSSR count). The minimum Gasteiger partial charge on any atom is -0.490 e. The summed E-state index contributed by atoms with van der Waals surface area (Å²) >= 11 is 7.09. The Kier molecular flexibility index (Phi) is 8.05. The monoisotopic (exact) mass is 574 g/mol. The van der Waals surface area contributed by atoms with Crippen LogP contribution in [-0.2, 0) is 21.5 Å². The van der Waals surface area contributed by atoms with Gasteiger partial charge in [0.25, 0.3) is 16.8 Å². The predicted molar refractivity (Wildman–Crippen MR) is 141 cm³/mol. The second kappa shape index (κ2) is 11.3. The zero-order valence-corrected chi connectivity index (χ0v) is 22.1. The van der Waals surface area contributed by atoms with E-state index in [-0.39, 0.29) is 45.2 Å². The molecular weight excluding hydrogens is 556 g/mol. The van der Waals surface area contributed by atoms with Crippen LogP contribution in [0.25, 0.3) is 6.08 Å². The Morgan fingerprint density at radius 2 is 1.76 bits per heavy atom. The summed E-state index contributed by atoms with van der Waals surface area (Å²) in [5.74, 6) is -0.726. The largest absolute Gasteiger partial charge is 0.490 e. The minimum atomic E-state index is -4.20. The number of hydrogen-bond donors (Lipinski definition) is 0. The van der Waals surface area contributed by atoms with Gasteiger partial charge in [0.2, 0.25) is 5.75 Å². The van der Waals surface area contributed by atoms with E-state index in [1.807, 2.05) is 0 Å². The molecule has 196 valence electrons. The van der Waals surface area contributed by atoms with Crippen LogP contribution in [0.1, 0.15) is 18.1 Å². The number of carbonyl (C=O) groups is 2. The Morgan fingerprint density at radius 1 is 1.08 bits per heavy atom. The molecule has 0 radical (unpaired) electrons. The van der Waals surface area contributed by atoms with Gasteiger partial charge in [-0.25, -0.2) is 0 Å². The lowest BCUT2D eigenvalue weighted by Crippen LogP contribution is -2.27. The maximum absolute atomic E-state index is 12.9. The van der Waals surface area contributed by atoms with E-state index in [2.05, 4.69) is 0 Å². The first-order valence-corrected chi connectivity index (χ1v) is 13.6. The number of nitro groups is 1. The smallest absolute Gasteiger partial charge is 0.339 e. The lowest BCUT2D eigenvalue weighted by Gasteiger charge is -2.14. The van der Waals surface area contributed by atoms with Crippen LogP contribution >= 0.6 is 23.4 Å². The van der Waals surface area contributed by atoms with Crippen LogP contribution in [0, 0.1) is 10.1 Å². The molecule has 10 nitrogen and oxygen atoms in total. The van der Waals surface area contributed by atoms with Gasteiger partial charge in [-0.1, -0.05) is 41.9 Å². The molecule has 1 saturated heterocycles. The van der Waals surface area contributed by atoms with Crippen molar-refractivity contribution in [3.8, 4) is 11.5 Å². The maximum Gasteiger partial charge on any atom is 0.339 e. The summed E-state index contributed by atoms with van der Waals surface area (Å²) < 4.78 is 36.3. The standard InChI is InChI=1S/C25H19ClN2O8S2/c1-2-35-21-13-17(12-20(26)23(21)36-38(33,34)19-6-4-3-5-7-19)14-22-24(29)27(25(30)37-22)15-16-8-10-18(11-9-16)28(31)32/h3-14H,2,15H2,1H3/b22-14-. The van der Waals surface area contributed by atoms with Gasteiger partial charge in [-0.15, -0.1) is 0 Å². The molecule has 1 fully saturated rings. The summed E-state index contributed by atoms with van der Waals surface area (Å²) in [6.45, 7) is 1.81. The minimum absolute atomic E-state index is 0.0378. The molecule has 0 aromatic heterocycles. The number of ether oxygens (including phenoxy) is 1. The molecule has 0 atom stereocenters. The Labute approximate surface area is 227 Å². The Hall–Kier alpha value is -3.87. The number of nitrogens with zero attached hydrogens (tertiary/aromatic N) is 2. The van der Waals surface area contributed by atoms with Gasteiger partial charge in [0, 0.05) is 12.1 Å². The molecule has 1 aliphatic heterocycles. The molecule has 0 bridgehead atoms. The van der Waals surface area contributed by atoms with Gasteiger partial charge >= 0.3 is 10.1 Å². The normalized spacial score (nSPS) is 14.7. The number of carbonyl (C=O) groups excluding carboxylic acids is 2. The van der Waals surface area contributed by atoms with E-state index in [0.717, 1.165) is 16.7 Å². The molecule has 0 unspecified atom stereocenters. The van der Waals surface area contributed by atoms with Crippen molar-refractivity contribution in [2.24, 2.45) is 0 Å². The molecule has 1 aliphatic rings. The lowest BCUT2D eigenvalue weighted by atomic mass is 10.1. The van der Waals surface area contributed by atoms with Gasteiger partial charge in [0.15, 0.2) is 5.75 Å². The Balaban J connectivity index is 1.59. The molecule has 3 aromatic carbocycles. The van der Waals surface area contributed by atoms with E-state index in [4.69, 9.17) is 20.5 Å². The number of imide groups is 1. The van der Waals surface area contributed by atoms with Gasteiger partial charge in [-0.05, 0) is 60.2 Å². The van der Waals surface area contributed by atoms with E-state index < -0.39 is 26.2 Å². The van der Waals surface area contributed by atoms with Gasteiger partial charge < -0.3 is 8.92 Å². The van der Waals surface area contributed by atoms with Crippen molar-refractivity contribution in [3.05, 3.63) is 97.9 Å². The van der Waals surface area contributed by atoms with Gasteiger partial charge in [0.05, 0.1) is 28.0 Å². The summed E-state index contributed by atoms with van der Waals surface area (Å²) in [5.41, 5.74) is 0.819. The molecule has 3 aromatic rings. The molecule has 13 heteroatoms. The molecule has 0 spiro atoms. The van der Waals surface area contributed by atoms with E-state index in [1.165, 1.54) is 54.6 Å². The molecule has 38 heavy (non-hydrogen) atoms. The van der Waals surface area contributed by atoms with Gasteiger partial charge in [-0.2, -0.15) is 8.42 Å². The third-order valence-corrected chi connectivity index (χ3v) is 7.64. The highest BCUT2D eigenvalue weighted by Crippen LogP contribution is 2.40. The average Bonchev–Trinajstić information content (AvgIpc) is 3.14. The van der Waals surface area contributed by atoms with Crippen molar-refractivity contribution in [1.29, 1.82) is 0 Å². The van der Waals surface area contributed by atoms with Crippen molar-refractivity contribution < 1.29 is 31.9 Å². The number of hydrogen-bond acceptors (Lipinski definition) is 9. The fourth-order valence-corrected chi connectivity index (χ4v) is 5.57. The maximum atomic E-state index is 12.9. The second-order valence-electron chi connectivity index (χ2n) is 7.80. The highest BCUT2D eigenvalue weighted by molar-refractivity contribution is 8.18. The number of halogens is 1. The first-order chi connectivity index (χ1) is 18.1. The quantitative estimate of drug-likeness (QED) is 0.137. The van der Waals surface area contributed by atoms with Crippen molar-refractivity contribution >= 4 is 56.4 Å². The van der Waals surface area contributed by atoms with E-state index in [1.54, 1.807) is 25.1 Å². The van der Waals surface area contributed by atoms with Crippen LogP contribution in [0.4, 0.5) is 10.5 Å². The third-order valence-electron chi connectivity index (χ3n) is 5.22. The summed E-state index contributed by atoms with van der Waals surface area (Å²) in [6, 6.07) is 15.9. The van der Waals surface area contributed by atoms with Crippen LogP contribution < -0.4 is 8.92 Å². The second-order valence-corrected chi connectivity index (χ2v) is 10.8. The Morgan fingerprint density at radius 3 is 2.39 bits per heavy atom. The molecule has 0 aliphatic carbocycles. The number of nitro benzene ring substituents is 1. The summed E-state index contributed by atoms with van der Waals surface area (Å²) in [5, 5.41) is 10.3. The molecule has 0 N–H and O–H groups in total. The fraction of sp³-hybridized carbons (Fsp3) is 0.120. The van der Waals surface area contributed by atoms with Crippen LogP contribution in [0.5, 0.6) is 11.5 Å². The first kappa shape index (κ1) is 27.2. The Bertz CT molecular complexity index is 1540. The molecule has 0 saturated carbocycles. The van der Waals surface area contributed by atoms with Gasteiger partial charge in [0.1, 0.15) is 4.90 Å². The topological polar surface area (TPSA) is 133 Å². The third kappa shape index (κ3) is 5.98. The summed E-state index contributed by atoms with van der Waals surface area (Å²) in [6.07, 6.45) is 1.44. The first-order valence-electron chi connectivity index (χ1n) is 11.0. The zero-order valence-electron chi connectivity index (χ0n) is 19.7. The van der Waals surface area contributed by atoms with Crippen molar-refractivity contribution in [2.45, 2.75) is 18.4 Å². The van der Waals surface area contributed by atoms with E-state index in [9.17, 15) is 28.1 Å². The van der Waals surface area contributed by atoms with Crippen LogP contribution in [0.2, 0.25) is 5.02 Å². The highest BCUT2D eigenvalue weighted by atomic mass is 35.5. The molecular formula is C25H19ClN2O8S2. The number of amides is 2. The lowest BCUT2D eigenvalue weighted by molar-refractivity contribution is -0.384. The molecule has 1 heterocycles. The van der Waals surface area contributed by atoms with Gasteiger partial charge in [-0.3, -0.25) is 24.6 Å². The summed E-state index contributed by atoms with van der Waals surface area (Å²) in [7, 11) is -4.20. The fourth-order valence-electron chi connectivity index (χ4n) is 3.45. The van der Waals surface area contributed by atoms with Crippen molar-refractivity contribution in [1.82, 2.24) is 4.90 Å². The predicted octanol–water partition coefficient (Wildman–Crippen LogP) is 5.65. The zero-order chi connectivity index (χ0) is 27.4. The molecule has 2 amide bonds. The van der Waals surface area contributed by atoms with Crippen molar-refractivity contribution in [3.63, 3.8) is 0 Å². The van der Waals surface area contributed by atoms with Crippen LogP contribution in [-0.4, -0.2) is 36.0 Å². The summed E-state index contributed by atoms with van der Waals surface area (Å²) in [4.78, 5) is 36.8. The number of thioether (sulfide) groups is 1. The van der Waals surface area contributed by atoms with Crippen LogP contribution in [0.3, 0.4) is 0 Å². The van der Waals surface area contributed by atoms with Crippen molar-refractivity contribution in [2.75, 3.05) is 6.61 Å². The van der Waals surface area contributed by atoms with Crippen LogP contribution in [0.15, 0.2) is 76.5 Å². The highest BCUT2D eigenvalue weighted by Gasteiger charge is 2.35.